The highest BCUT2D eigenvalue weighted by Gasteiger charge is 2.33. The SMILES string of the molecule is O=C(O)Cc1csc(C2CN3CCCC3CO2)n1. The van der Waals surface area contributed by atoms with Gasteiger partial charge in [-0.2, -0.15) is 0 Å². The van der Waals surface area contributed by atoms with Gasteiger partial charge in [0.2, 0.25) is 0 Å². The van der Waals surface area contributed by atoms with E-state index in [0.717, 1.165) is 24.7 Å². The Hall–Kier alpha value is -0.980. The number of thiazole rings is 1. The van der Waals surface area contributed by atoms with Crippen molar-refractivity contribution in [1.29, 1.82) is 0 Å². The summed E-state index contributed by atoms with van der Waals surface area (Å²) < 4.78 is 5.86. The Balaban J connectivity index is 1.67. The Morgan fingerprint density at radius 3 is 3.39 bits per heavy atom. The van der Waals surface area contributed by atoms with Gasteiger partial charge in [-0.1, -0.05) is 0 Å². The summed E-state index contributed by atoms with van der Waals surface area (Å²) in [6.45, 7) is 2.82. The van der Waals surface area contributed by atoms with Crippen molar-refractivity contribution in [1.82, 2.24) is 9.88 Å². The van der Waals surface area contributed by atoms with Crippen LogP contribution in [0.25, 0.3) is 0 Å². The van der Waals surface area contributed by atoms with Gasteiger partial charge >= 0.3 is 5.97 Å². The Labute approximate surface area is 109 Å². The minimum absolute atomic E-state index is 0.00441. The van der Waals surface area contributed by atoms with Crippen LogP contribution in [0.15, 0.2) is 5.38 Å². The van der Waals surface area contributed by atoms with Gasteiger partial charge in [-0.15, -0.1) is 11.3 Å². The fourth-order valence-corrected chi connectivity index (χ4v) is 3.53. The first kappa shape index (κ1) is 12.1. The number of hydrogen-bond acceptors (Lipinski definition) is 5. The van der Waals surface area contributed by atoms with Crippen LogP contribution in [0.4, 0.5) is 0 Å². The number of morpholine rings is 1. The molecule has 5 nitrogen and oxygen atoms in total. The van der Waals surface area contributed by atoms with Gasteiger partial charge in [0.15, 0.2) is 0 Å². The maximum atomic E-state index is 10.6. The number of rotatable bonds is 3. The second-order valence-electron chi connectivity index (χ2n) is 4.86. The zero-order valence-electron chi connectivity index (χ0n) is 10.0. The topological polar surface area (TPSA) is 62.7 Å². The quantitative estimate of drug-likeness (QED) is 0.895. The summed E-state index contributed by atoms with van der Waals surface area (Å²) in [4.78, 5) is 17.5. The molecular formula is C12H16N2O3S. The molecule has 18 heavy (non-hydrogen) atoms. The first-order valence-electron chi connectivity index (χ1n) is 6.24. The lowest BCUT2D eigenvalue weighted by atomic mass is 10.2. The van der Waals surface area contributed by atoms with Gasteiger partial charge in [0.05, 0.1) is 18.7 Å². The maximum Gasteiger partial charge on any atom is 0.309 e. The molecule has 3 rings (SSSR count). The van der Waals surface area contributed by atoms with Crippen molar-refractivity contribution in [2.45, 2.75) is 31.4 Å². The average molecular weight is 268 g/mol. The van der Waals surface area contributed by atoms with Crippen molar-refractivity contribution in [3.8, 4) is 0 Å². The summed E-state index contributed by atoms with van der Waals surface area (Å²) in [6.07, 6.45) is 2.50. The molecule has 3 heterocycles. The summed E-state index contributed by atoms with van der Waals surface area (Å²) in [5.74, 6) is -0.837. The first-order chi connectivity index (χ1) is 8.72. The van der Waals surface area contributed by atoms with Gasteiger partial charge in [0.1, 0.15) is 11.1 Å². The van der Waals surface area contributed by atoms with Gasteiger partial charge in [-0.05, 0) is 19.4 Å². The summed E-state index contributed by atoms with van der Waals surface area (Å²) in [5, 5.41) is 11.5. The van der Waals surface area contributed by atoms with Crippen LogP contribution >= 0.6 is 11.3 Å². The van der Waals surface area contributed by atoms with E-state index in [2.05, 4.69) is 9.88 Å². The molecule has 0 saturated carbocycles. The molecule has 2 aliphatic heterocycles. The molecule has 0 radical (unpaired) electrons. The lowest BCUT2D eigenvalue weighted by Crippen LogP contribution is -2.42. The number of fused-ring (bicyclic) bond motifs is 1. The standard InChI is InChI=1S/C12H16N2O3S/c15-11(16)4-8-7-18-12(13-8)10-5-14-3-1-2-9(14)6-17-10/h7,9-10H,1-6H2,(H,15,16). The van der Waals surface area contributed by atoms with E-state index in [9.17, 15) is 4.79 Å². The molecule has 0 spiro atoms. The van der Waals surface area contributed by atoms with Gasteiger partial charge in [0.25, 0.3) is 0 Å². The average Bonchev–Trinajstić information content (AvgIpc) is 2.95. The van der Waals surface area contributed by atoms with Crippen molar-refractivity contribution >= 4 is 17.3 Å². The number of carboxylic acids is 1. The third kappa shape index (κ3) is 2.41. The maximum absolute atomic E-state index is 10.6. The van der Waals surface area contributed by atoms with E-state index in [1.54, 1.807) is 0 Å². The van der Waals surface area contributed by atoms with Crippen LogP contribution in [-0.2, 0) is 16.0 Å². The van der Waals surface area contributed by atoms with E-state index in [-0.39, 0.29) is 12.5 Å². The second kappa shape index (κ2) is 4.95. The van der Waals surface area contributed by atoms with Crippen LogP contribution in [0.2, 0.25) is 0 Å². The fraction of sp³-hybridized carbons (Fsp3) is 0.667. The summed E-state index contributed by atoms with van der Waals surface area (Å²) in [7, 11) is 0. The normalized spacial score (nSPS) is 28.2. The Morgan fingerprint density at radius 1 is 1.67 bits per heavy atom. The Morgan fingerprint density at radius 2 is 2.56 bits per heavy atom. The van der Waals surface area contributed by atoms with Crippen LogP contribution in [0, 0.1) is 0 Å². The summed E-state index contributed by atoms with van der Waals surface area (Å²) in [5.41, 5.74) is 0.634. The number of carbonyl (C=O) groups is 1. The van der Waals surface area contributed by atoms with Gasteiger partial charge in [-0.25, -0.2) is 4.98 Å². The molecule has 2 aliphatic rings. The summed E-state index contributed by atoms with van der Waals surface area (Å²) in [6, 6.07) is 0.583. The predicted octanol–water partition coefficient (Wildman–Crippen LogP) is 1.31. The number of hydrogen-bond donors (Lipinski definition) is 1. The molecular weight excluding hydrogens is 252 g/mol. The molecule has 0 aromatic carbocycles. The highest BCUT2D eigenvalue weighted by Crippen LogP contribution is 2.31. The van der Waals surface area contributed by atoms with Crippen molar-refractivity contribution in [3.63, 3.8) is 0 Å². The molecule has 0 amide bonds. The van der Waals surface area contributed by atoms with Gasteiger partial charge in [0, 0.05) is 18.0 Å². The zero-order valence-corrected chi connectivity index (χ0v) is 10.9. The van der Waals surface area contributed by atoms with Crippen molar-refractivity contribution in [2.24, 2.45) is 0 Å². The van der Waals surface area contributed by atoms with E-state index in [0.29, 0.717) is 11.7 Å². The van der Waals surface area contributed by atoms with Crippen molar-refractivity contribution in [3.05, 3.63) is 16.1 Å². The lowest BCUT2D eigenvalue weighted by molar-refractivity contribution is -0.136. The molecule has 1 aromatic rings. The van der Waals surface area contributed by atoms with E-state index in [1.165, 1.54) is 24.2 Å². The molecule has 0 bridgehead atoms. The van der Waals surface area contributed by atoms with Crippen LogP contribution < -0.4 is 0 Å². The third-order valence-corrected chi connectivity index (χ3v) is 4.55. The minimum Gasteiger partial charge on any atom is -0.481 e. The molecule has 2 saturated heterocycles. The Bertz CT molecular complexity index is 448. The zero-order chi connectivity index (χ0) is 12.5. The molecule has 2 atom stereocenters. The van der Waals surface area contributed by atoms with Crippen LogP contribution in [0.3, 0.4) is 0 Å². The van der Waals surface area contributed by atoms with Crippen LogP contribution in [0.5, 0.6) is 0 Å². The van der Waals surface area contributed by atoms with Gasteiger partial charge in [-0.3, -0.25) is 9.69 Å². The number of nitrogens with zero attached hydrogens (tertiary/aromatic N) is 2. The van der Waals surface area contributed by atoms with E-state index >= 15 is 0 Å². The van der Waals surface area contributed by atoms with Crippen LogP contribution in [-0.4, -0.2) is 46.7 Å². The molecule has 6 heteroatoms. The van der Waals surface area contributed by atoms with E-state index < -0.39 is 5.97 Å². The highest BCUT2D eigenvalue weighted by molar-refractivity contribution is 7.09. The molecule has 2 fully saturated rings. The van der Waals surface area contributed by atoms with E-state index in [4.69, 9.17) is 9.84 Å². The van der Waals surface area contributed by atoms with Crippen molar-refractivity contribution in [2.75, 3.05) is 19.7 Å². The smallest absolute Gasteiger partial charge is 0.309 e. The third-order valence-electron chi connectivity index (χ3n) is 3.57. The molecule has 1 N–H and O–H groups in total. The minimum atomic E-state index is -0.837. The molecule has 98 valence electrons. The largest absolute Gasteiger partial charge is 0.481 e. The number of aliphatic carboxylic acids is 1. The number of carboxylic acid groups (broad SMARTS) is 1. The number of ether oxygens (including phenoxy) is 1. The monoisotopic (exact) mass is 268 g/mol. The molecule has 1 aromatic heterocycles. The van der Waals surface area contributed by atoms with E-state index in [1.807, 2.05) is 5.38 Å². The Kier molecular flexibility index (Phi) is 3.32. The summed E-state index contributed by atoms with van der Waals surface area (Å²) >= 11 is 1.51. The van der Waals surface area contributed by atoms with Crippen molar-refractivity contribution < 1.29 is 14.6 Å². The lowest BCUT2D eigenvalue weighted by Gasteiger charge is -2.34. The first-order valence-corrected chi connectivity index (χ1v) is 7.12. The number of aromatic nitrogens is 1. The van der Waals surface area contributed by atoms with Gasteiger partial charge < -0.3 is 9.84 Å². The second-order valence-corrected chi connectivity index (χ2v) is 5.75. The fourth-order valence-electron chi connectivity index (χ4n) is 2.67. The predicted molar refractivity (Wildman–Crippen MR) is 66.7 cm³/mol. The highest BCUT2D eigenvalue weighted by atomic mass is 32.1. The molecule has 2 unspecified atom stereocenters. The molecule has 0 aliphatic carbocycles. The van der Waals surface area contributed by atoms with Crippen LogP contribution in [0.1, 0.15) is 29.6 Å².